The number of alkyl halides is 2. The van der Waals surface area contributed by atoms with Crippen LogP contribution in [0.4, 0.5) is 0 Å². The first-order valence-corrected chi connectivity index (χ1v) is 5.04. The molecule has 82 valence electrons. The first-order chi connectivity index (χ1) is 6.54. The van der Waals surface area contributed by atoms with Gasteiger partial charge in [-0.25, -0.2) is 4.79 Å². The Labute approximate surface area is 93.8 Å². The highest BCUT2D eigenvalue weighted by atomic mass is 35.5. The summed E-state index contributed by atoms with van der Waals surface area (Å²) >= 11 is 10.1. The molecule has 0 fully saturated rings. The second kappa shape index (κ2) is 12.4. The lowest BCUT2D eigenvalue weighted by Gasteiger charge is -1.94. The van der Waals surface area contributed by atoms with Gasteiger partial charge >= 0.3 is 12.2 Å². The van der Waals surface area contributed by atoms with Crippen LogP contribution in [0.3, 0.4) is 0 Å². The zero-order chi connectivity index (χ0) is 11.4. The predicted molar refractivity (Wildman–Crippen MR) is 56.7 cm³/mol. The van der Waals surface area contributed by atoms with Crippen LogP contribution in [0.15, 0.2) is 0 Å². The van der Waals surface area contributed by atoms with E-state index in [9.17, 15) is 4.79 Å². The molecule has 6 heteroatoms. The van der Waals surface area contributed by atoms with E-state index >= 15 is 0 Å². The number of unbranched alkanes of at least 4 members (excludes halogenated alkanes) is 1. The van der Waals surface area contributed by atoms with Crippen LogP contribution in [0.25, 0.3) is 5.53 Å². The van der Waals surface area contributed by atoms with Gasteiger partial charge in [0.15, 0.2) is 0 Å². The van der Waals surface area contributed by atoms with Crippen LogP contribution in [0.1, 0.15) is 26.7 Å². The van der Waals surface area contributed by atoms with Crippen molar-refractivity contribution in [2.45, 2.75) is 31.5 Å². The number of rotatable bonds is 4. The summed E-state index contributed by atoms with van der Waals surface area (Å²) in [6.45, 7) is 4.08. The van der Waals surface area contributed by atoms with Gasteiger partial charge in [-0.2, -0.15) is 4.79 Å². The Balaban J connectivity index is 0. The maximum absolute atomic E-state index is 10.4. The van der Waals surface area contributed by atoms with Crippen molar-refractivity contribution in [3.8, 4) is 0 Å². The highest BCUT2D eigenvalue weighted by molar-refractivity contribution is 6.43. The Morgan fingerprint density at radius 1 is 1.64 bits per heavy atom. The van der Waals surface area contributed by atoms with Crippen molar-refractivity contribution in [1.29, 1.82) is 0 Å². The Morgan fingerprint density at radius 3 is 2.50 bits per heavy atom. The molecule has 4 nitrogen and oxygen atoms in total. The Hall–Kier alpha value is -0.570. The average molecular weight is 241 g/mol. The second-order valence-corrected chi connectivity index (χ2v) is 3.82. The van der Waals surface area contributed by atoms with Gasteiger partial charge in [-0.3, -0.25) is 0 Å². The zero-order valence-corrected chi connectivity index (χ0v) is 9.75. The van der Waals surface area contributed by atoms with Crippen LogP contribution in [-0.2, 0) is 9.53 Å². The van der Waals surface area contributed by atoms with Gasteiger partial charge in [-0.15, -0.1) is 23.2 Å². The molecular weight excluding hydrogens is 227 g/mol. The standard InChI is InChI=1S/C6H10N2O2.C2H4Cl2/c1-2-3-4-10-6(9)5-8-7;1-2(3)4/h5H,2-4H2,1H3;2H,1H3. The van der Waals surface area contributed by atoms with Gasteiger partial charge in [0, 0.05) is 0 Å². The molecule has 0 N–H and O–H groups in total. The highest BCUT2D eigenvalue weighted by Gasteiger charge is 2.00. The summed E-state index contributed by atoms with van der Waals surface area (Å²) < 4.78 is 4.57. The zero-order valence-electron chi connectivity index (χ0n) is 8.24. The third kappa shape index (κ3) is 22.5. The van der Waals surface area contributed by atoms with Gasteiger partial charge in [0.25, 0.3) is 0 Å². The van der Waals surface area contributed by atoms with Crippen LogP contribution < -0.4 is 0 Å². The summed E-state index contributed by atoms with van der Waals surface area (Å²) in [5.41, 5.74) is 7.86. The molecule has 0 rings (SSSR count). The Morgan fingerprint density at radius 2 is 2.14 bits per heavy atom. The normalized spacial score (nSPS) is 8.36. The average Bonchev–Trinajstić information content (AvgIpc) is 2.04. The van der Waals surface area contributed by atoms with Crippen molar-refractivity contribution in [2.24, 2.45) is 0 Å². The Kier molecular flexibility index (Phi) is 14.1. The van der Waals surface area contributed by atoms with Gasteiger partial charge < -0.3 is 10.3 Å². The molecule has 0 aromatic rings. The molecule has 0 saturated carbocycles. The predicted octanol–water partition coefficient (Wildman–Crippen LogP) is 2.44. The summed E-state index contributed by atoms with van der Waals surface area (Å²) in [5, 5.41) is 0. The molecule has 0 aromatic heterocycles. The number of hydrogen-bond acceptors (Lipinski definition) is 2. The van der Waals surface area contributed by atoms with E-state index in [0.717, 1.165) is 19.1 Å². The van der Waals surface area contributed by atoms with E-state index in [4.69, 9.17) is 28.7 Å². The molecular formula is C8H14Cl2N2O2. The van der Waals surface area contributed by atoms with Gasteiger partial charge in [0.05, 0.1) is 6.61 Å². The maximum atomic E-state index is 10.4. The van der Waals surface area contributed by atoms with E-state index < -0.39 is 5.97 Å². The van der Waals surface area contributed by atoms with E-state index in [1.165, 1.54) is 0 Å². The number of halogens is 2. The molecule has 0 atom stereocenters. The summed E-state index contributed by atoms with van der Waals surface area (Å²) in [7, 11) is 0. The fourth-order valence-corrected chi connectivity index (χ4v) is 0.402. The monoisotopic (exact) mass is 240 g/mol. The van der Waals surface area contributed by atoms with Crippen molar-refractivity contribution < 1.29 is 14.3 Å². The number of esters is 1. The number of ether oxygens (including phenoxy) is 1. The second-order valence-electron chi connectivity index (χ2n) is 2.28. The molecule has 0 radical (unpaired) electrons. The fraction of sp³-hybridized carbons (Fsp3) is 0.750. The first kappa shape index (κ1) is 15.9. The molecule has 0 amide bonds. The van der Waals surface area contributed by atoms with Crippen LogP contribution in [0, 0.1) is 0 Å². The number of hydrogen-bond donors (Lipinski definition) is 0. The van der Waals surface area contributed by atoms with Crippen LogP contribution >= 0.6 is 23.2 Å². The van der Waals surface area contributed by atoms with Crippen molar-refractivity contribution in [2.75, 3.05) is 6.61 Å². The Bertz CT molecular complexity index is 189. The minimum Gasteiger partial charge on any atom is -0.457 e. The van der Waals surface area contributed by atoms with Crippen LogP contribution in [0.5, 0.6) is 0 Å². The quantitative estimate of drug-likeness (QED) is 0.189. The first-order valence-electron chi connectivity index (χ1n) is 4.16. The van der Waals surface area contributed by atoms with Crippen molar-refractivity contribution in [1.82, 2.24) is 0 Å². The van der Waals surface area contributed by atoms with E-state index in [1.807, 2.05) is 6.92 Å². The molecule has 0 spiro atoms. The lowest BCUT2D eigenvalue weighted by Crippen LogP contribution is -2.06. The molecule has 0 bridgehead atoms. The molecule has 0 heterocycles. The lowest BCUT2D eigenvalue weighted by atomic mass is 10.4. The highest BCUT2D eigenvalue weighted by Crippen LogP contribution is 1.95. The molecule has 0 aliphatic rings. The molecule has 0 saturated heterocycles. The van der Waals surface area contributed by atoms with E-state index in [2.05, 4.69) is 9.53 Å². The molecule has 0 aliphatic heterocycles. The van der Waals surface area contributed by atoms with Gasteiger partial charge in [-0.05, 0) is 13.3 Å². The van der Waals surface area contributed by atoms with Crippen molar-refractivity contribution >= 4 is 35.4 Å². The number of carbonyl (C=O) groups is 1. The van der Waals surface area contributed by atoms with E-state index in [1.54, 1.807) is 6.92 Å². The summed E-state index contributed by atoms with van der Waals surface area (Å²) in [4.78, 5) is 12.7. The third-order valence-corrected chi connectivity index (χ3v) is 0.905. The molecule has 0 aromatic carbocycles. The maximum Gasteiger partial charge on any atom is 0.413 e. The van der Waals surface area contributed by atoms with Gasteiger partial charge in [-0.1, -0.05) is 13.3 Å². The van der Waals surface area contributed by atoms with Crippen LogP contribution in [-0.4, -0.2) is 28.4 Å². The van der Waals surface area contributed by atoms with Crippen molar-refractivity contribution in [3.05, 3.63) is 5.53 Å². The summed E-state index contributed by atoms with van der Waals surface area (Å²) in [6.07, 6.45) is 2.55. The topological polar surface area (TPSA) is 62.7 Å². The van der Waals surface area contributed by atoms with Crippen LogP contribution in [0.2, 0.25) is 0 Å². The lowest BCUT2D eigenvalue weighted by molar-refractivity contribution is -0.139. The molecule has 0 aliphatic carbocycles. The fourth-order valence-electron chi connectivity index (χ4n) is 0.402. The minimum atomic E-state index is -0.601. The summed E-state index contributed by atoms with van der Waals surface area (Å²) in [6, 6.07) is 0. The largest absolute Gasteiger partial charge is 0.457 e. The van der Waals surface area contributed by atoms with E-state index in [0.29, 0.717) is 6.61 Å². The SMILES string of the molecule is CC(Cl)Cl.CCCCOC(=O)C=[N+]=[N-]. The molecule has 14 heavy (non-hydrogen) atoms. The summed E-state index contributed by atoms with van der Waals surface area (Å²) in [5.74, 6) is -0.601. The van der Waals surface area contributed by atoms with Gasteiger partial charge in [0.1, 0.15) is 4.84 Å². The minimum absolute atomic E-state index is 0.222. The van der Waals surface area contributed by atoms with Crippen molar-refractivity contribution in [3.63, 3.8) is 0 Å². The third-order valence-electron chi connectivity index (χ3n) is 0.905. The number of carbonyl (C=O) groups excluding carboxylic acids is 1. The number of nitrogens with zero attached hydrogens (tertiary/aromatic N) is 2. The smallest absolute Gasteiger partial charge is 0.413 e. The molecule has 0 unspecified atom stereocenters. The van der Waals surface area contributed by atoms with Gasteiger partial charge in [0.2, 0.25) is 0 Å². The van der Waals surface area contributed by atoms with E-state index in [-0.39, 0.29) is 4.84 Å².